The van der Waals surface area contributed by atoms with Crippen LogP contribution in [0.15, 0.2) is 54.6 Å². The number of hydrogen-bond acceptors (Lipinski definition) is 4. The van der Waals surface area contributed by atoms with Crippen molar-refractivity contribution < 1.29 is 14.5 Å². The van der Waals surface area contributed by atoms with Crippen LogP contribution in [0.1, 0.15) is 42.9 Å². The van der Waals surface area contributed by atoms with Crippen LogP contribution in [0.3, 0.4) is 0 Å². The van der Waals surface area contributed by atoms with E-state index in [1.54, 1.807) is 17.0 Å². The van der Waals surface area contributed by atoms with Crippen molar-refractivity contribution in [3.63, 3.8) is 0 Å². The third-order valence-electron chi connectivity index (χ3n) is 5.89. The Morgan fingerprint density at radius 1 is 1.14 bits per heavy atom. The third-order valence-corrected chi connectivity index (χ3v) is 5.89. The topological polar surface area (TPSA) is 92.5 Å². The first kappa shape index (κ1) is 19.1. The lowest BCUT2D eigenvalue weighted by atomic mass is 9.74. The summed E-state index contributed by atoms with van der Waals surface area (Å²) in [6, 6.07) is 14.7. The van der Waals surface area contributed by atoms with Gasteiger partial charge in [-0.3, -0.25) is 19.7 Å². The molecule has 2 fully saturated rings. The van der Waals surface area contributed by atoms with E-state index in [0.29, 0.717) is 12.1 Å². The average Bonchev–Trinajstić information content (AvgIpc) is 2.76. The van der Waals surface area contributed by atoms with Crippen LogP contribution in [0.5, 0.6) is 0 Å². The van der Waals surface area contributed by atoms with E-state index in [1.807, 2.05) is 30.3 Å². The lowest BCUT2D eigenvalue weighted by Crippen LogP contribution is -2.64. The molecule has 1 aliphatic heterocycles. The second-order valence-electron chi connectivity index (χ2n) is 7.66. The number of nitrogens with one attached hydrogen (secondary N) is 1. The highest BCUT2D eigenvalue weighted by molar-refractivity contribution is 5.93. The number of non-ortho nitro benzene ring substituents is 1. The quantitative estimate of drug-likeness (QED) is 0.463. The molecule has 1 saturated carbocycles. The molecule has 3 atom stereocenters. The molecule has 1 saturated heterocycles. The van der Waals surface area contributed by atoms with Gasteiger partial charge < -0.3 is 10.2 Å². The first-order valence-corrected chi connectivity index (χ1v) is 9.94. The van der Waals surface area contributed by atoms with Crippen molar-refractivity contribution in [2.45, 2.75) is 44.3 Å². The van der Waals surface area contributed by atoms with Gasteiger partial charge in [-0.1, -0.05) is 55.3 Å². The molecule has 0 bridgehead atoms. The Labute approximate surface area is 168 Å². The fourth-order valence-corrected chi connectivity index (χ4v) is 4.45. The van der Waals surface area contributed by atoms with E-state index in [1.165, 1.54) is 12.1 Å². The van der Waals surface area contributed by atoms with Crippen molar-refractivity contribution in [2.24, 2.45) is 5.92 Å². The zero-order valence-electron chi connectivity index (χ0n) is 16.0. The Morgan fingerprint density at radius 2 is 1.90 bits per heavy atom. The minimum absolute atomic E-state index is 0.0214. The molecule has 1 heterocycles. The zero-order valence-corrected chi connectivity index (χ0v) is 16.0. The molecule has 1 aliphatic carbocycles. The predicted octanol–water partition coefficient (Wildman–Crippen LogP) is 3.35. The van der Waals surface area contributed by atoms with Crippen molar-refractivity contribution >= 4 is 17.5 Å². The van der Waals surface area contributed by atoms with Gasteiger partial charge in [-0.2, -0.15) is 0 Å². The van der Waals surface area contributed by atoms with Crippen molar-refractivity contribution in [2.75, 3.05) is 0 Å². The summed E-state index contributed by atoms with van der Waals surface area (Å²) in [7, 11) is 0. The Balaban J connectivity index is 1.62. The van der Waals surface area contributed by atoms with Crippen molar-refractivity contribution in [3.05, 3.63) is 75.8 Å². The van der Waals surface area contributed by atoms with Crippen molar-refractivity contribution in [1.82, 2.24) is 10.2 Å². The summed E-state index contributed by atoms with van der Waals surface area (Å²) in [5.41, 5.74) is 1.34. The van der Waals surface area contributed by atoms with Crippen LogP contribution in [0.25, 0.3) is 0 Å². The summed E-state index contributed by atoms with van der Waals surface area (Å²) >= 11 is 0. The molecule has 29 heavy (non-hydrogen) atoms. The molecule has 2 aliphatic rings. The smallest absolute Gasteiger partial charge is 0.269 e. The Bertz CT molecular complexity index is 931. The number of rotatable bonds is 6. The van der Waals surface area contributed by atoms with Crippen LogP contribution in [0.2, 0.25) is 0 Å². The van der Waals surface area contributed by atoms with Crippen molar-refractivity contribution in [3.8, 4) is 0 Å². The third kappa shape index (κ3) is 3.72. The van der Waals surface area contributed by atoms with Gasteiger partial charge in [0.05, 0.1) is 10.8 Å². The number of β-lactam (4-membered cyclic amide) rings is 1. The van der Waals surface area contributed by atoms with Crippen LogP contribution in [0, 0.1) is 16.0 Å². The Morgan fingerprint density at radius 3 is 2.66 bits per heavy atom. The number of benzene rings is 2. The number of nitro benzene ring substituents is 1. The number of carbonyl (C=O) groups is 2. The molecule has 2 aromatic carbocycles. The van der Waals surface area contributed by atoms with E-state index in [4.69, 9.17) is 0 Å². The van der Waals surface area contributed by atoms with Crippen LogP contribution in [-0.4, -0.2) is 27.7 Å². The number of carbonyl (C=O) groups excluding carboxylic acids is 2. The second kappa shape index (κ2) is 8.03. The SMILES string of the molecule is O=C(NCc1ccccc1)C(c1cccc([N+](=O)[O-])c1)N1C(=O)[C@@H]2CCCC[C@@H]21. The van der Waals surface area contributed by atoms with Gasteiger partial charge in [0, 0.05) is 24.7 Å². The predicted molar refractivity (Wildman–Crippen MR) is 107 cm³/mol. The average molecular weight is 393 g/mol. The van der Waals surface area contributed by atoms with Crippen LogP contribution >= 0.6 is 0 Å². The molecule has 2 amide bonds. The minimum atomic E-state index is -0.856. The standard InChI is InChI=1S/C22H23N3O4/c26-21(23-14-15-7-2-1-3-8-15)20(16-9-6-10-17(13-16)25(28)29)24-19-12-5-4-11-18(19)22(24)27/h1-3,6-10,13,18-20H,4-5,11-12,14H2,(H,23,26)/t18-,19+,20?/m1/s1. The van der Waals surface area contributed by atoms with Gasteiger partial charge in [-0.05, 0) is 24.0 Å². The van der Waals surface area contributed by atoms with E-state index < -0.39 is 11.0 Å². The molecular weight excluding hydrogens is 370 g/mol. The van der Waals surface area contributed by atoms with Crippen LogP contribution < -0.4 is 5.32 Å². The molecule has 4 rings (SSSR count). The summed E-state index contributed by atoms with van der Waals surface area (Å²) in [6.07, 6.45) is 3.78. The molecule has 1 unspecified atom stereocenters. The molecule has 7 nitrogen and oxygen atoms in total. The van der Waals surface area contributed by atoms with Gasteiger partial charge >= 0.3 is 0 Å². The number of hydrogen-bond donors (Lipinski definition) is 1. The summed E-state index contributed by atoms with van der Waals surface area (Å²) in [4.78, 5) is 38.4. The maximum atomic E-state index is 13.2. The number of nitrogens with zero attached hydrogens (tertiary/aromatic N) is 2. The Hall–Kier alpha value is -3.22. The van der Waals surface area contributed by atoms with E-state index in [2.05, 4.69) is 5.32 Å². The number of amides is 2. The van der Waals surface area contributed by atoms with E-state index in [0.717, 1.165) is 31.2 Å². The number of nitro groups is 1. The number of likely N-dealkylation sites (tertiary alicyclic amines) is 1. The molecule has 1 N–H and O–H groups in total. The van der Waals surface area contributed by atoms with E-state index >= 15 is 0 Å². The molecule has 0 aromatic heterocycles. The normalized spacial score (nSPS) is 21.7. The fourth-order valence-electron chi connectivity index (χ4n) is 4.45. The summed E-state index contributed by atoms with van der Waals surface area (Å²) < 4.78 is 0. The van der Waals surface area contributed by atoms with Gasteiger partial charge in [0.25, 0.3) is 5.69 Å². The summed E-state index contributed by atoms with van der Waals surface area (Å²) in [5.74, 6) is -0.361. The van der Waals surface area contributed by atoms with Crippen molar-refractivity contribution in [1.29, 1.82) is 0 Å². The lowest BCUT2D eigenvalue weighted by molar-refractivity contribution is -0.384. The first-order chi connectivity index (χ1) is 14.1. The minimum Gasteiger partial charge on any atom is -0.350 e. The van der Waals surface area contributed by atoms with Crippen LogP contribution in [-0.2, 0) is 16.1 Å². The van der Waals surface area contributed by atoms with E-state index in [-0.39, 0.29) is 29.5 Å². The number of fused-ring (bicyclic) bond motifs is 1. The van der Waals surface area contributed by atoms with Gasteiger partial charge in [-0.15, -0.1) is 0 Å². The highest BCUT2D eigenvalue weighted by Gasteiger charge is 2.52. The first-order valence-electron chi connectivity index (χ1n) is 9.94. The monoisotopic (exact) mass is 393 g/mol. The molecule has 7 heteroatoms. The molecular formula is C22H23N3O4. The summed E-state index contributed by atoms with van der Waals surface area (Å²) in [6.45, 7) is 0.335. The molecule has 0 spiro atoms. The lowest BCUT2D eigenvalue weighted by Gasteiger charge is -2.52. The largest absolute Gasteiger partial charge is 0.350 e. The van der Waals surface area contributed by atoms with Crippen LogP contribution in [0.4, 0.5) is 5.69 Å². The van der Waals surface area contributed by atoms with Gasteiger partial charge in [-0.25, -0.2) is 0 Å². The molecule has 0 radical (unpaired) electrons. The second-order valence-corrected chi connectivity index (χ2v) is 7.66. The Kier molecular flexibility index (Phi) is 5.29. The van der Waals surface area contributed by atoms with Gasteiger partial charge in [0.2, 0.25) is 11.8 Å². The summed E-state index contributed by atoms with van der Waals surface area (Å²) in [5, 5.41) is 14.1. The molecule has 2 aromatic rings. The zero-order chi connectivity index (χ0) is 20.4. The maximum Gasteiger partial charge on any atom is 0.269 e. The highest BCUT2D eigenvalue weighted by Crippen LogP contribution is 2.43. The fraction of sp³-hybridized carbons (Fsp3) is 0.364. The maximum absolute atomic E-state index is 13.2. The molecule has 150 valence electrons. The van der Waals surface area contributed by atoms with Gasteiger partial charge in [0.15, 0.2) is 0 Å². The van der Waals surface area contributed by atoms with Gasteiger partial charge in [0.1, 0.15) is 6.04 Å². The van der Waals surface area contributed by atoms with E-state index in [9.17, 15) is 19.7 Å². The highest BCUT2D eigenvalue weighted by atomic mass is 16.6.